The van der Waals surface area contributed by atoms with Crippen LogP contribution in [-0.4, -0.2) is 34.3 Å². The third-order valence-electron chi connectivity index (χ3n) is 5.35. The molecule has 0 bridgehead atoms. The Hall–Kier alpha value is -2.26. The van der Waals surface area contributed by atoms with E-state index in [4.69, 9.17) is 27.9 Å². The second kappa shape index (κ2) is 10.1. The summed E-state index contributed by atoms with van der Waals surface area (Å²) in [7, 11) is 0. The van der Waals surface area contributed by atoms with Crippen molar-refractivity contribution in [1.29, 1.82) is 0 Å². The predicted molar refractivity (Wildman–Crippen MR) is 113 cm³/mol. The summed E-state index contributed by atoms with van der Waals surface area (Å²) >= 11 is 12.0. The normalized spacial score (nSPS) is 18.9. The molecule has 32 heavy (non-hydrogen) atoms. The lowest BCUT2D eigenvalue weighted by molar-refractivity contribution is -0.137. The maximum Gasteiger partial charge on any atom is 0.416 e. The largest absolute Gasteiger partial charge is 0.461 e. The number of benzene rings is 1. The van der Waals surface area contributed by atoms with Crippen LogP contribution >= 0.6 is 23.2 Å². The molecular weight excluding hydrogens is 470 g/mol. The molecule has 0 saturated heterocycles. The maximum absolute atomic E-state index is 12.9. The number of ether oxygens (including phenoxy) is 1. The van der Waals surface area contributed by atoms with Crippen molar-refractivity contribution in [3.63, 3.8) is 0 Å². The maximum atomic E-state index is 12.9. The minimum Gasteiger partial charge on any atom is -0.461 e. The number of halogens is 5. The monoisotopic (exact) mass is 491 g/mol. The molecule has 3 rings (SSSR count). The lowest BCUT2D eigenvalue weighted by atomic mass is 9.86. The number of esters is 1. The van der Waals surface area contributed by atoms with Crippen LogP contribution in [0, 0.1) is 5.92 Å². The lowest BCUT2D eigenvalue weighted by Gasteiger charge is -2.29. The van der Waals surface area contributed by atoms with Gasteiger partial charge in [-0.05, 0) is 56.7 Å². The minimum atomic E-state index is -4.56. The third kappa shape index (κ3) is 5.95. The van der Waals surface area contributed by atoms with Crippen LogP contribution in [0.15, 0.2) is 24.4 Å². The molecule has 1 saturated carbocycles. The lowest BCUT2D eigenvalue weighted by Crippen LogP contribution is -2.38. The molecule has 1 amide bonds. The highest BCUT2D eigenvalue weighted by atomic mass is 35.5. The number of nitrogens with one attached hydrogen (secondary N) is 1. The van der Waals surface area contributed by atoms with Crippen molar-refractivity contribution in [3.8, 4) is 0 Å². The Bertz CT molecular complexity index is 986. The van der Waals surface area contributed by atoms with Crippen molar-refractivity contribution in [2.45, 2.75) is 51.4 Å². The Morgan fingerprint density at radius 1 is 1.19 bits per heavy atom. The predicted octanol–water partition coefficient (Wildman–Crippen LogP) is 5.37. The van der Waals surface area contributed by atoms with Gasteiger partial charge in [0.2, 0.25) is 0 Å². The highest BCUT2D eigenvalue weighted by molar-refractivity contribution is 6.34. The topological polar surface area (TPSA) is 73.2 Å². The van der Waals surface area contributed by atoms with E-state index in [0.717, 1.165) is 31.0 Å². The molecule has 11 heteroatoms. The highest BCUT2D eigenvalue weighted by Gasteiger charge is 2.32. The molecule has 1 aromatic heterocycles. The first-order chi connectivity index (χ1) is 15.1. The van der Waals surface area contributed by atoms with Gasteiger partial charge in [-0.2, -0.15) is 18.3 Å². The van der Waals surface area contributed by atoms with Crippen molar-refractivity contribution in [2.24, 2.45) is 5.92 Å². The smallest absolute Gasteiger partial charge is 0.416 e. The fraction of sp³-hybridized carbons (Fsp3) is 0.476. The van der Waals surface area contributed by atoms with Gasteiger partial charge >= 0.3 is 12.1 Å². The molecular formula is C21H22Cl2F3N3O3. The number of carbonyl (C=O) groups is 2. The van der Waals surface area contributed by atoms with Crippen molar-refractivity contribution in [2.75, 3.05) is 6.61 Å². The van der Waals surface area contributed by atoms with E-state index >= 15 is 0 Å². The van der Waals surface area contributed by atoms with E-state index in [1.54, 1.807) is 17.8 Å². The Labute approximate surface area is 193 Å². The van der Waals surface area contributed by atoms with Crippen LogP contribution in [0.3, 0.4) is 0 Å². The zero-order valence-corrected chi connectivity index (χ0v) is 18.7. The minimum absolute atomic E-state index is 0.0304. The number of aromatic nitrogens is 2. The van der Waals surface area contributed by atoms with E-state index in [1.807, 2.05) is 0 Å². The third-order valence-corrected chi connectivity index (χ3v) is 5.96. The van der Waals surface area contributed by atoms with Gasteiger partial charge in [0.25, 0.3) is 5.91 Å². The molecule has 1 aromatic carbocycles. The number of alkyl halides is 3. The van der Waals surface area contributed by atoms with Crippen LogP contribution in [0.4, 0.5) is 13.2 Å². The molecule has 0 unspecified atom stereocenters. The quantitative estimate of drug-likeness (QED) is 0.551. The first-order valence-electron chi connectivity index (χ1n) is 10.2. The number of nitrogens with zero attached hydrogens (tertiary/aromatic N) is 2. The molecule has 1 N–H and O–H groups in total. The standard InChI is InChI=1S/C21H22Cl2F3N3O3/c1-2-32-20(31)18-17(23)11-29(28-18)10-12-3-6-14(7-4-12)27-19(30)15-9-13(21(24,25)26)5-8-16(15)22/h5,8-9,11-12,14H,2-4,6-7,10H2,1H3,(H,27,30)/t12-,14-. The fourth-order valence-electron chi connectivity index (χ4n) is 3.72. The molecule has 0 radical (unpaired) electrons. The molecule has 0 atom stereocenters. The average molecular weight is 492 g/mol. The number of carbonyl (C=O) groups excluding carboxylic acids is 2. The number of rotatable bonds is 6. The van der Waals surface area contributed by atoms with Crippen LogP contribution in [0.5, 0.6) is 0 Å². The molecule has 0 spiro atoms. The van der Waals surface area contributed by atoms with Gasteiger partial charge in [0, 0.05) is 18.8 Å². The Kier molecular flexibility index (Phi) is 7.71. The van der Waals surface area contributed by atoms with Crippen LogP contribution < -0.4 is 5.32 Å². The molecule has 1 fully saturated rings. The molecule has 0 aliphatic heterocycles. The summed E-state index contributed by atoms with van der Waals surface area (Å²) in [4.78, 5) is 24.3. The molecule has 174 valence electrons. The Morgan fingerprint density at radius 2 is 1.88 bits per heavy atom. The van der Waals surface area contributed by atoms with Crippen LogP contribution in [0.25, 0.3) is 0 Å². The van der Waals surface area contributed by atoms with E-state index in [-0.39, 0.29) is 39.9 Å². The molecule has 6 nitrogen and oxygen atoms in total. The number of hydrogen-bond acceptors (Lipinski definition) is 4. The molecule has 2 aromatic rings. The first kappa shape index (κ1) is 24.4. The van der Waals surface area contributed by atoms with Gasteiger partial charge in [0.05, 0.1) is 27.8 Å². The summed E-state index contributed by atoms with van der Waals surface area (Å²) < 4.78 is 45.3. The molecule has 1 aliphatic rings. The van der Waals surface area contributed by atoms with E-state index in [9.17, 15) is 22.8 Å². The number of amides is 1. The average Bonchev–Trinajstić information content (AvgIpc) is 3.09. The summed E-state index contributed by atoms with van der Waals surface area (Å²) in [6.45, 7) is 2.48. The van der Waals surface area contributed by atoms with E-state index in [1.165, 1.54) is 0 Å². The Morgan fingerprint density at radius 3 is 2.50 bits per heavy atom. The summed E-state index contributed by atoms with van der Waals surface area (Å²) in [6, 6.07) is 2.53. The fourth-order valence-corrected chi connectivity index (χ4v) is 4.15. The van der Waals surface area contributed by atoms with Gasteiger partial charge in [-0.1, -0.05) is 23.2 Å². The summed E-state index contributed by atoms with van der Waals surface area (Å²) in [5, 5.41) is 7.18. The van der Waals surface area contributed by atoms with E-state index in [0.29, 0.717) is 19.4 Å². The highest BCUT2D eigenvalue weighted by Crippen LogP contribution is 2.32. The van der Waals surface area contributed by atoms with Crippen molar-refractivity contribution in [3.05, 3.63) is 51.3 Å². The van der Waals surface area contributed by atoms with Gasteiger partial charge in [0.1, 0.15) is 0 Å². The van der Waals surface area contributed by atoms with Gasteiger partial charge in [-0.3, -0.25) is 9.48 Å². The Balaban J connectivity index is 1.55. The van der Waals surface area contributed by atoms with Gasteiger partial charge in [-0.15, -0.1) is 0 Å². The SMILES string of the molecule is CCOC(=O)c1nn(C[C@H]2CC[C@H](NC(=O)c3cc(C(F)(F)F)ccc3Cl)CC2)cc1Cl. The van der Waals surface area contributed by atoms with Crippen molar-refractivity contribution < 1.29 is 27.5 Å². The van der Waals surface area contributed by atoms with Crippen LogP contribution in [0.2, 0.25) is 10.0 Å². The van der Waals surface area contributed by atoms with Crippen molar-refractivity contribution >= 4 is 35.1 Å². The second-order valence-electron chi connectivity index (χ2n) is 7.65. The zero-order valence-electron chi connectivity index (χ0n) is 17.2. The van der Waals surface area contributed by atoms with Crippen LogP contribution in [0.1, 0.15) is 59.0 Å². The van der Waals surface area contributed by atoms with E-state index in [2.05, 4.69) is 10.4 Å². The van der Waals surface area contributed by atoms with Gasteiger partial charge in [-0.25, -0.2) is 4.79 Å². The molecule has 1 heterocycles. The number of hydrogen-bond donors (Lipinski definition) is 1. The van der Waals surface area contributed by atoms with Gasteiger partial charge < -0.3 is 10.1 Å². The summed E-state index contributed by atoms with van der Waals surface area (Å²) in [6.07, 6.45) is -0.113. The summed E-state index contributed by atoms with van der Waals surface area (Å²) in [5.74, 6) is -0.940. The van der Waals surface area contributed by atoms with Crippen LogP contribution in [-0.2, 0) is 17.5 Å². The first-order valence-corrected chi connectivity index (χ1v) is 10.9. The molecule has 1 aliphatic carbocycles. The van der Waals surface area contributed by atoms with E-state index < -0.39 is 23.6 Å². The van der Waals surface area contributed by atoms with Gasteiger partial charge in [0.15, 0.2) is 5.69 Å². The zero-order chi connectivity index (χ0) is 23.5. The second-order valence-corrected chi connectivity index (χ2v) is 8.47. The summed E-state index contributed by atoms with van der Waals surface area (Å²) in [5.41, 5.74) is -1.04. The van der Waals surface area contributed by atoms with Crippen molar-refractivity contribution in [1.82, 2.24) is 15.1 Å².